The van der Waals surface area contributed by atoms with E-state index in [-0.39, 0.29) is 29.6 Å². The molecule has 14 heteroatoms. The Morgan fingerprint density at radius 3 is 1.07 bits per heavy atom. The van der Waals surface area contributed by atoms with Crippen LogP contribution < -0.4 is 0 Å². The van der Waals surface area contributed by atoms with Crippen molar-refractivity contribution in [2.75, 3.05) is 0 Å². The number of rotatable bonds is 2. The van der Waals surface area contributed by atoms with Gasteiger partial charge in [-0.2, -0.15) is 4.31 Å². The van der Waals surface area contributed by atoms with Crippen LogP contribution >= 0.6 is 23.9 Å². The Morgan fingerprint density at radius 2 is 1.07 bits per heavy atom. The molecule has 0 atom stereocenters. The normalized spacial score (nSPS) is 11.4. The third-order valence-corrected chi connectivity index (χ3v) is 1.91. The van der Waals surface area contributed by atoms with Crippen molar-refractivity contribution in [2.45, 2.75) is 0 Å². The molecule has 0 amide bonds. The fourth-order valence-corrected chi connectivity index (χ4v) is 1.25. The molecule has 0 aliphatic rings. The van der Waals surface area contributed by atoms with Crippen molar-refractivity contribution in [1.82, 2.24) is 0 Å². The monoisotopic (exact) mass is 284 g/mol. The topological polar surface area (TPSA) is 182 Å². The van der Waals surface area contributed by atoms with E-state index in [1.54, 1.807) is 0 Å². The van der Waals surface area contributed by atoms with E-state index in [1.165, 1.54) is 0 Å². The first-order valence-electron chi connectivity index (χ1n) is 2.18. The molecule has 14 heavy (non-hydrogen) atoms. The van der Waals surface area contributed by atoms with Crippen LogP contribution in [0.5, 0.6) is 0 Å². The van der Waals surface area contributed by atoms with Crippen molar-refractivity contribution in [2.24, 2.45) is 0 Å². The average molecular weight is 284 g/mol. The van der Waals surface area contributed by atoms with Crippen LogP contribution in [0.3, 0.4) is 0 Å². The fourth-order valence-electron chi connectivity index (χ4n) is 0.139. The van der Waals surface area contributed by atoms with Gasteiger partial charge in [-0.3, -0.25) is 4.57 Å². The molecule has 6 N–H and O–H groups in total. The van der Waals surface area contributed by atoms with Gasteiger partial charge in [-0.1, -0.05) is 0 Å². The summed E-state index contributed by atoms with van der Waals surface area (Å²) in [5.74, 6) is 0. The van der Waals surface area contributed by atoms with Crippen LogP contribution in [0.4, 0.5) is 0 Å². The molecule has 0 rings (SSSR count). The molecular weight excluding hydrogens is 276 g/mol. The zero-order chi connectivity index (χ0) is 11.3. The molecule has 10 nitrogen and oxygen atoms in total. The Labute approximate surface area is 101 Å². The SMILES string of the molecule is O=P(O)(O)OP(=O)(O)O.O=[PH](O)O.[NaH]. The van der Waals surface area contributed by atoms with Crippen molar-refractivity contribution < 1.29 is 47.4 Å². The summed E-state index contributed by atoms with van der Waals surface area (Å²) in [6.07, 6.45) is 0. The summed E-state index contributed by atoms with van der Waals surface area (Å²) in [5.41, 5.74) is 0. The summed E-state index contributed by atoms with van der Waals surface area (Å²) in [5, 5.41) is 0. The third-order valence-electron chi connectivity index (χ3n) is 0.213. The standard InChI is InChI=1S/Na.H4O7P2.H3O3P.H/c;1-8(2,3)7-9(4,5)6;1-4(2)3;/h;(H2,1,2,3)(H2,4,5,6);4H,(H2,1,2,3);. The van der Waals surface area contributed by atoms with Gasteiger partial charge in [-0.05, 0) is 0 Å². The average Bonchev–Trinajstić information content (AvgIpc) is 1.47. The molecule has 0 aromatic rings. The van der Waals surface area contributed by atoms with Crippen LogP contribution in [0.1, 0.15) is 0 Å². The molecular formula is H8NaO10P3. The predicted octanol–water partition coefficient (Wildman–Crippen LogP) is -2.10. The van der Waals surface area contributed by atoms with Crippen LogP contribution in [0.2, 0.25) is 0 Å². The first-order valence-corrected chi connectivity index (χ1v) is 6.54. The molecule has 0 aromatic heterocycles. The molecule has 84 valence electrons. The van der Waals surface area contributed by atoms with Crippen LogP contribution in [-0.4, -0.2) is 58.9 Å². The van der Waals surface area contributed by atoms with Gasteiger partial charge in [0.1, 0.15) is 0 Å². The van der Waals surface area contributed by atoms with Gasteiger partial charge in [0.25, 0.3) is 0 Å². The first-order chi connectivity index (χ1) is 5.44. The van der Waals surface area contributed by atoms with E-state index in [9.17, 15) is 9.13 Å². The Hall–Kier alpha value is 1.41. The van der Waals surface area contributed by atoms with Crippen molar-refractivity contribution in [3.63, 3.8) is 0 Å². The van der Waals surface area contributed by atoms with Gasteiger partial charge in [0, 0.05) is 0 Å². The molecule has 0 radical (unpaired) electrons. The maximum atomic E-state index is 9.63. The van der Waals surface area contributed by atoms with Crippen molar-refractivity contribution in [1.29, 1.82) is 0 Å². The van der Waals surface area contributed by atoms with E-state index in [0.717, 1.165) is 0 Å². The van der Waals surface area contributed by atoms with Gasteiger partial charge >= 0.3 is 53.5 Å². The number of hydrogen-bond donors (Lipinski definition) is 6. The Morgan fingerprint density at radius 1 is 0.929 bits per heavy atom. The van der Waals surface area contributed by atoms with Crippen LogP contribution in [-0.2, 0) is 18.0 Å². The second kappa shape index (κ2) is 8.55. The van der Waals surface area contributed by atoms with Gasteiger partial charge in [0.05, 0.1) is 0 Å². The van der Waals surface area contributed by atoms with E-state index in [4.69, 9.17) is 33.9 Å². The molecule has 0 spiro atoms. The van der Waals surface area contributed by atoms with Gasteiger partial charge in [0.2, 0.25) is 0 Å². The second-order valence-electron chi connectivity index (χ2n) is 1.35. The summed E-state index contributed by atoms with van der Waals surface area (Å²) >= 11 is 0. The molecule has 0 aliphatic carbocycles. The van der Waals surface area contributed by atoms with Crippen LogP contribution in [0, 0.1) is 0 Å². The number of phosphoric acid groups is 2. The van der Waals surface area contributed by atoms with E-state index < -0.39 is 23.9 Å². The summed E-state index contributed by atoms with van der Waals surface area (Å²) in [4.78, 5) is 45.3. The minimum absolute atomic E-state index is 0. The molecule has 0 fully saturated rings. The predicted molar refractivity (Wildman–Crippen MR) is 45.8 cm³/mol. The molecule has 0 bridgehead atoms. The minimum atomic E-state index is -5.05. The molecule has 0 heterocycles. The molecule has 0 aromatic carbocycles. The second-order valence-corrected chi connectivity index (χ2v) is 4.53. The van der Waals surface area contributed by atoms with E-state index in [1.807, 2.05) is 0 Å². The zero-order valence-electron chi connectivity index (χ0n) is 5.71. The summed E-state index contributed by atoms with van der Waals surface area (Å²) in [7, 11) is -13.2. The van der Waals surface area contributed by atoms with Gasteiger partial charge in [0.15, 0.2) is 0 Å². The van der Waals surface area contributed by atoms with E-state index in [0.29, 0.717) is 0 Å². The number of hydrogen-bond acceptors (Lipinski definition) is 4. The molecule has 0 saturated heterocycles. The Bertz CT molecular complexity index is 220. The summed E-state index contributed by atoms with van der Waals surface area (Å²) in [6, 6.07) is 0. The van der Waals surface area contributed by atoms with Gasteiger partial charge in [-0.15, -0.1) is 0 Å². The van der Waals surface area contributed by atoms with E-state index >= 15 is 0 Å². The molecule has 0 aliphatic heterocycles. The molecule has 0 unspecified atom stereocenters. The van der Waals surface area contributed by atoms with Crippen LogP contribution in [0.25, 0.3) is 0 Å². The van der Waals surface area contributed by atoms with Crippen molar-refractivity contribution in [3.8, 4) is 0 Å². The Kier molecular flexibility index (Phi) is 12.7. The van der Waals surface area contributed by atoms with Crippen molar-refractivity contribution >= 4 is 53.5 Å². The zero-order valence-corrected chi connectivity index (χ0v) is 8.50. The Balaban J connectivity index is -0.000000209. The quantitative estimate of drug-likeness (QED) is 0.242. The van der Waals surface area contributed by atoms with Gasteiger partial charge in [-0.25, -0.2) is 9.13 Å². The summed E-state index contributed by atoms with van der Waals surface area (Å²) < 4.78 is 31.0. The molecule has 0 saturated carbocycles. The van der Waals surface area contributed by atoms with Crippen molar-refractivity contribution in [3.05, 3.63) is 0 Å². The first kappa shape index (κ1) is 20.8. The van der Waals surface area contributed by atoms with Gasteiger partial charge < -0.3 is 29.4 Å². The summed E-state index contributed by atoms with van der Waals surface area (Å²) in [6.45, 7) is 0. The van der Waals surface area contributed by atoms with E-state index in [2.05, 4.69) is 4.31 Å². The maximum absolute atomic E-state index is 9.63. The fraction of sp³-hybridized carbons (Fsp3) is 0. The van der Waals surface area contributed by atoms with Crippen LogP contribution in [0.15, 0.2) is 0 Å². The third kappa shape index (κ3) is 37.6.